The molecule has 112 valence electrons. The highest BCUT2D eigenvalue weighted by Crippen LogP contribution is 2.33. The van der Waals surface area contributed by atoms with E-state index in [1.807, 2.05) is 18.2 Å². The van der Waals surface area contributed by atoms with E-state index in [4.69, 9.17) is 0 Å². The molecule has 1 N–H and O–H groups in total. The highest BCUT2D eigenvalue weighted by Gasteiger charge is 2.24. The van der Waals surface area contributed by atoms with Crippen LogP contribution in [-0.2, 0) is 13.0 Å². The molecule has 0 atom stereocenters. The number of halogens is 1. The van der Waals surface area contributed by atoms with E-state index >= 15 is 0 Å². The van der Waals surface area contributed by atoms with Gasteiger partial charge in [0.15, 0.2) is 5.82 Å². The Bertz CT molecular complexity index is 1160. The zero-order chi connectivity index (χ0) is 15.6. The molecule has 2 aromatic heterocycles. The Morgan fingerprint density at radius 1 is 1.09 bits per heavy atom. The normalized spacial score (nSPS) is 13.3. The van der Waals surface area contributed by atoms with Gasteiger partial charge in [0.2, 0.25) is 0 Å². The predicted molar refractivity (Wildman–Crippen MR) is 87.0 cm³/mol. The lowest BCUT2D eigenvalue weighted by atomic mass is 10.0. The highest BCUT2D eigenvalue weighted by molar-refractivity contribution is 5.91. The minimum atomic E-state index is -0.466. The molecule has 4 aromatic rings. The number of nitrogens with one attached hydrogen (secondary N) is 1. The quantitative estimate of drug-likeness (QED) is 0.542. The lowest BCUT2D eigenvalue weighted by molar-refractivity contribution is 0.627. The lowest BCUT2D eigenvalue weighted by Gasteiger charge is -2.18. The van der Waals surface area contributed by atoms with Crippen molar-refractivity contribution in [2.75, 3.05) is 0 Å². The number of nitrogens with zero attached hydrogens (tertiary/aromatic N) is 2. The first kappa shape index (κ1) is 12.6. The first-order valence-corrected chi connectivity index (χ1v) is 7.53. The summed E-state index contributed by atoms with van der Waals surface area (Å²) in [6.07, 6.45) is 0.759. The van der Waals surface area contributed by atoms with Gasteiger partial charge in [-0.05, 0) is 30.2 Å². The van der Waals surface area contributed by atoms with Crippen molar-refractivity contribution in [1.82, 2.24) is 14.5 Å². The van der Waals surface area contributed by atoms with Gasteiger partial charge in [-0.15, -0.1) is 0 Å². The number of para-hydroxylation sites is 2. The molecule has 4 nitrogen and oxygen atoms in total. The van der Waals surface area contributed by atoms with Crippen molar-refractivity contribution in [3.8, 4) is 11.5 Å². The Morgan fingerprint density at radius 2 is 1.91 bits per heavy atom. The molecule has 23 heavy (non-hydrogen) atoms. The van der Waals surface area contributed by atoms with Crippen LogP contribution in [0.1, 0.15) is 5.56 Å². The molecule has 5 heteroatoms. The van der Waals surface area contributed by atoms with Crippen LogP contribution in [0.2, 0.25) is 0 Å². The van der Waals surface area contributed by atoms with Crippen LogP contribution in [-0.4, -0.2) is 14.5 Å². The molecule has 2 aromatic carbocycles. The minimum Gasteiger partial charge on any atom is -0.352 e. The Morgan fingerprint density at radius 3 is 2.83 bits per heavy atom. The van der Waals surface area contributed by atoms with Crippen LogP contribution in [0.25, 0.3) is 33.3 Å². The van der Waals surface area contributed by atoms with E-state index in [1.165, 1.54) is 6.07 Å². The Labute approximate surface area is 130 Å². The molecule has 0 bridgehead atoms. The van der Waals surface area contributed by atoms with Crippen molar-refractivity contribution < 1.29 is 4.39 Å². The van der Waals surface area contributed by atoms with Gasteiger partial charge in [0.25, 0.3) is 5.56 Å². The van der Waals surface area contributed by atoms with Crippen LogP contribution >= 0.6 is 0 Å². The summed E-state index contributed by atoms with van der Waals surface area (Å²) in [4.78, 5) is 20.5. The topological polar surface area (TPSA) is 50.7 Å². The van der Waals surface area contributed by atoms with E-state index in [0.717, 1.165) is 28.6 Å². The molecular weight excluding hydrogens is 293 g/mol. The third-order valence-corrected chi connectivity index (χ3v) is 4.56. The number of fused-ring (bicyclic) bond motifs is 6. The molecule has 0 saturated carbocycles. The second kappa shape index (κ2) is 4.29. The average Bonchev–Trinajstić information content (AvgIpc) is 2.95. The Kier molecular flexibility index (Phi) is 2.34. The Balaban J connectivity index is 1.94. The van der Waals surface area contributed by atoms with Gasteiger partial charge in [-0.25, -0.2) is 9.37 Å². The van der Waals surface area contributed by atoms with Crippen LogP contribution < -0.4 is 5.56 Å². The molecule has 1 aliphatic heterocycles. The van der Waals surface area contributed by atoms with E-state index in [-0.39, 0.29) is 11.1 Å². The van der Waals surface area contributed by atoms with Gasteiger partial charge in [0.1, 0.15) is 11.3 Å². The molecule has 0 spiro atoms. The summed E-state index contributed by atoms with van der Waals surface area (Å²) < 4.78 is 15.7. The first-order chi connectivity index (χ1) is 11.2. The summed E-state index contributed by atoms with van der Waals surface area (Å²) in [5.74, 6) is 0.0521. The molecule has 3 heterocycles. The summed E-state index contributed by atoms with van der Waals surface area (Å²) in [5.41, 5.74) is 2.92. The number of aromatic amines is 1. The molecule has 0 amide bonds. The standard InChI is InChI=1S/C18H12FN3O/c19-13-6-3-5-12-15(13)21-17-16-11(8-9-22(17)18(12)23)10-4-1-2-7-14(10)20-16/h1-7,20H,8-9H2. The fraction of sp³-hybridized carbons (Fsp3) is 0.111. The van der Waals surface area contributed by atoms with E-state index < -0.39 is 5.82 Å². The summed E-state index contributed by atoms with van der Waals surface area (Å²) in [6.45, 7) is 0.558. The first-order valence-electron chi connectivity index (χ1n) is 7.53. The van der Waals surface area contributed by atoms with E-state index in [0.29, 0.717) is 17.8 Å². The minimum absolute atomic E-state index is 0.134. The molecule has 5 rings (SSSR count). The van der Waals surface area contributed by atoms with Gasteiger partial charge in [-0.2, -0.15) is 0 Å². The number of benzene rings is 2. The number of aromatic nitrogens is 3. The van der Waals surface area contributed by atoms with Crippen LogP contribution in [0, 0.1) is 5.82 Å². The SMILES string of the molecule is O=c1c2cccc(F)c2nc2n1CCc1c-2[nH]c2ccccc12. The summed E-state index contributed by atoms with van der Waals surface area (Å²) in [6, 6.07) is 12.5. The van der Waals surface area contributed by atoms with Crippen LogP contribution in [0.5, 0.6) is 0 Å². The van der Waals surface area contributed by atoms with Crippen molar-refractivity contribution in [2.24, 2.45) is 0 Å². The van der Waals surface area contributed by atoms with Gasteiger partial charge < -0.3 is 4.98 Å². The smallest absolute Gasteiger partial charge is 0.261 e. The number of H-pyrrole nitrogens is 1. The molecule has 0 saturated heterocycles. The van der Waals surface area contributed by atoms with Crippen molar-refractivity contribution in [2.45, 2.75) is 13.0 Å². The van der Waals surface area contributed by atoms with Gasteiger partial charge in [0, 0.05) is 17.4 Å². The van der Waals surface area contributed by atoms with Crippen molar-refractivity contribution in [3.05, 3.63) is 64.2 Å². The van der Waals surface area contributed by atoms with Crippen LogP contribution in [0.15, 0.2) is 47.3 Å². The van der Waals surface area contributed by atoms with Gasteiger partial charge in [-0.1, -0.05) is 24.3 Å². The van der Waals surface area contributed by atoms with Crippen LogP contribution in [0.3, 0.4) is 0 Å². The number of rotatable bonds is 0. The lowest BCUT2D eigenvalue weighted by Crippen LogP contribution is -2.27. The van der Waals surface area contributed by atoms with Crippen molar-refractivity contribution in [1.29, 1.82) is 0 Å². The van der Waals surface area contributed by atoms with E-state index in [1.54, 1.807) is 16.7 Å². The second-order valence-electron chi connectivity index (χ2n) is 5.80. The zero-order valence-electron chi connectivity index (χ0n) is 12.1. The third kappa shape index (κ3) is 1.59. The monoisotopic (exact) mass is 305 g/mol. The number of hydrogen-bond acceptors (Lipinski definition) is 2. The maximum absolute atomic E-state index is 14.1. The maximum atomic E-state index is 14.1. The highest BCUT2D eigenvalue weighted by atomic mass is 19.1. The summed E-state index contributed by atoms with van der Waals surface area (Å²) in [5, 5.41) is 1.46. The van der Waals surface area contributed by atoms with Crippen molar-refractivity contribution >= 4 is 21.8 Å². The maximum Gasteiger partial charge on any atom is 0.261 e. The molecular formula is C18H12FN3O. The molecule has 0 radical (unpaired) electrons. The largest absolute Gasteiger partial charge is 0.352 e. The van der Waals surface area contributed by atoms with E-state index in [2.05, 4.69) is 16.0 Å². The molecule has 0 unspecified atom stereocenters. The zero-order valence-corrected chi connectivity index (χ0v) is 12.1. The second-order valence-corrected chi connectivity index (χ2v) is 5.80. The van der Waals surface area contributed by atoms with E-state index in [9.17, 15) is 9.18 Å². The Hall–Kier alpha value is -2.95. The average molecular weight is 305 g/mol. The fourth-order valence-corrected chi connectivity index (χ4v) is 3.48. The molecule has 0 aliphatic carbocycles. The van der Waals surface area contributed by atoms with Gasteiger partial charge in [-0.3, -0.25) is 9.36 Å². The summed E-state index contributed by atoms with van der Waals surface area (Å²) in [7, 11) is 0. The van der Waals surface area contributed by atoms with Crippen LogP contribution in [0.4, 0.5) is 4.39 Å². The molecule has 0 fully saturated rings. The fourth-order valence-electron chi connectivity index (χ4n) is 3.48. The molecule has 1 aliphatic rings. The third-order valence-electron chi connectivity index (χ3n) is 4.56. The number of aryl methyl sites for hydroxylation is 1. The van der Waals surface area contributed by atoms with Gasteiger partial charge in [0.05, 0.1) is 11.1 Å². The van der Waals surface area contributed by atoms with Gasteiger partial charge >= 0.3 is 0 Å². The number of hydrogen-bond donors (Lipinski definition) is 1. The predicted octanol–water partition coefficient (Wildman–Crippen LogP) is 3.24. The van der Waals surface area contributed by atoms with Crippen molar-refractivity contribution in [3.63, 3.8) is 0 Å². The summed E-state index contributed by atoms with van der Waals surface area (Å²) >= 11 is 0.